The Kier molecular flexibility index (Phi) is 2.28. The number of nitrogens with one attached hydrogen (secondary N) is 1. The van der Waals surface area contributed by atoms with Crippen LogP contribution in [-0.2, 0) is 0 Å². The second-order valence-electron chi connectivity index (χ2n) is 2.09. The fourth-order valence-electron chi connectivity index (χ4n) is 0.899. The van der Waals surface area contributed by atoms with Gasteiger partial charge >= 0.3 is 0 Å². The van der Waals surface area contributed by atoms with Crippen LogP contribution >= 0.6 is 0 Å². The number of anilines is 1. The Hall–Kier alpha value is -1.29. The summed E-state index contributed by atoms with van der Waals surface area (Å²) in [6.45, 7) is 1.81. The molecule has 0 fully saturated rings. The van der Waals surface area contributed by atoms with Gasteiger partial charge in [0, 0.05) is 6.20 Å². The van der Waals surface area contributed by atoms with Crippen LogP contribution < -0.4 is 10.2 Å². The van der Waals surface area contributed by atoms with Crippen LogP contribution in [0.2, 0.25) is 0 Å². The molecule has 1 aromatic heterocycles. The van der Waals surface area contributed by atoms with Crippen molar-refractivity contribution in [2.24, 2.45) is 0 Å². The van der Waals surface area contributed by atoms with Gasteiger partial charge in [0.1, 0.15) is 5.69 Å². The Balaban J connectivity index is 3.13. The molecular weight excluding hydrogens is 144 g/mol. The zero-order valence-corrected chi connectivity index (χ0v) is 6.46. The molecule has 11 heavy (non-hydrogen) atoms. The highest BCUT2D eigenvalue weighted by Crippen LogP contribution is 2.24. The first kappa shape index (κ1) is 7.81. The fraction of sp³-hybridized carbons (Fsp3) is 0.286. The van der Waals surface area contributed by atoms with Crippen molar-refractivity contribution < 1.29 is 9.94 Å². The third kappa shape index (κ3) is 1.40. The minimum Gasteiger partial charge on any atom is -0.493 e. The van der Waals surface area contributed by atoms with Gasteiger partial charge in [-0.1, -0.05) is 0 Å². The lowest BCUT2D eigenvalue weighted by molar-refractivity contribution is 0.371. The molecule has 2 N–H and O–H groups in total. The van der Waals surface area contributed by atoms with Crippen LogP contribution in [0.15, 0.2) is 12.3 Å². The number of methoxy groups -OCH3 is 1. The van der Waals surface area contributed by atoms with Crippen molar-refractivity contribution in [3.8, 4) is 5.75 Å². The smallest absolute Gasteiger partial charge is 0.165 e. The lowest BCUT2D eigenvalue weighted by Gasteiger charge is -2.07. The zero-order valence-electron chi connectivity index (χ0n) is 6.46. The van der Waals surface area contributed by atoms with Crippen LogP contribution in [0.5, 0.6) is 5.75 Å². The first-order chi connectivity index (χ1) is 5.29. The Labute approximate surface area is 64.8 Å². The molecule has 0 unspecified atom stereocenters. The van der Waals surface area contributed by atoms with E-state index in [2.05, 4.69) is 4.98 Å². The maximum absolute atomic E-state index is 8.62. The molecule has 0 spiro atoms. The Morgan fingerprint density at radius 3 is 2.82 bits per heavy atom. The summed E-state index contributed by atoms with van der Waals surface area (Å²) in [5, 5.41) is 8.62. The van der Waals surface area contributed by atoms with Crippen LogP contribution in [0.25, 0.3) is 0 Å². The van der Waals surface area contributed by atoms with Crippen molar-refractivity contribution in [2.45, 2.75) is 6.92 Å². The number of aryl methyl sites for hydroxylation is 1. The van der Waals surface area contributed by atoms with Crippen LogP contribution in [-0.4, -0.2) is 17.3 Å². The van der Waals surface area contributed by atoms with E-state index in [9.17, 15) is 0 Å². The monoisotopic (exact) mass is 154 g/mol. The van der Waals surface area contributed by atoms with Crippen LogP contribution in [0.4, 0.5) is 5.69 Å². The van der Waals surface area contributed by atoms with E-state index < -0.39 is 0 Å². The molecule has 60 valence electrons. The molecule has 1 heterocycles. The average molecular weight is 154 g/mol. The molecule has 4 heteroatoms. The molecule has 0 amide bonds. The molecule has 1 aromatic rings. The van der Waals surface area contributed by atoms with E-state index in [0.717, 1.165) is 5.69 Å². The van der Waals surface area contributed by atoms with E-state index in [1.165, 1.54) is 7.11 Å². The number of rotatable bonds is 2. The first-order valence-corrected chi connectivity index (χ1v) is 3.19. The highest BCUT2D eigenvalue weighted by molar-refractivity contribution is 5.55. The minimum absolute atomic E-state index is 0.528. The van der Waals surface area contributed by atoms with E-state index in [1.807, 2.05) is 5.48 Å². The summed E-state index contributed by atoms with van der Waals surface area (Å²) in [7, 11) is 1.53. The first-order valence-electron chi connectivity index (χ1n) is 3.19. The molecule has 0 radical (unpaired) electrons. The molecule has 0 saturated carbocycles. The maximum atomic E-state index is 8.62. The normalized spacial score (nSPS) is 9.36. The Bertz CT molecular complexity index is 250. The van der Waals surface area contributed by atoms with Crippen molar-refractivity contribution >= 4 is 5.69 Å². The molecule has 0 bridgehead atoms. The molecular formula is C7H10N2O2. The summed E-state index contributed by atoms with van der Waals surface area (Å²) in [5.41, 5.74) is 3.29. The van der Waals surface area contributed by atoms with Gasteiger partial charge in [0.05, 0.1) is 12.8 Å². The van der Waals surface area contributed by atoms with E-state index in [1.54, 1.807) is 19.2 Å². The van der Waals surface area contributed by atoms with Gasteiger partial charge in [-0.15, -0.1) is 0 Å². The molecule has 0 atom stereocenters. The van der Waals surface area contributed by atoms with Crippen molar-refractivity contribution in [3.63, 3.8) is 0 Å². The summed E-state index contributed by atoms with van der Waals surface area (Å²) in [6, 6.07) is 1.63. The lowest BCUT2D eigenvalue weighted by Crippen LogP contribution is -1.97. The van der Waals surface area contributed by atoms with Crippen LogP contribution in [0.3, 0.4) is 0 Å². The van der Waals surface area contributed by atoms with Crippen molar-refractivity contribution in [2.75, 3.05) is 12.6 Å². The number of hydrogen-bond donors (Lipinski definition) is 2. The maximum Gasteiger partial charge on any atom is 0.165 e. The van der Waals surface area contributed by atoms with Crippen molar-refractivity contribution in [3.05, 3.63) is 18.0 Å². The largest absolute Gasteiger partial charge is 0.493 e. The molecule has 0 aliphatic carbocycles. The standard InChI is InChI=1S/C7H10N2O2/c1-5-7(11-2)6(9-10)3-4-8-5/h3-4,10H,1-2H3,(H,8,9). The van der Waals surface area contributed by atoms with E-state index >= 15 is 0 Å². The highest BCUT2D eigenvalue weighted by Gasteiger charge is 2.04. The van der Waals surface area contributed by atoms with Gasteiger partial charge in [0.2, 0.25) is 0 Å². The third-order valence-corrected chi connectivity index (χ3v) is 1.41. The summed E-state index contributed by atoms with van der Waals surface area (Å²) < 4.78 is 4.98. The third-order valence-electron chi connectivity index (χ3n) is 1.41. The van der Waals surface area contributed by atoms with Gasteiger partial charge in [-0.25, -0.2) is 0 Å². The fourth-order valence-corrected chi connectivity index (χ4v) is 0.899. The highest BCUT2D eigenvalue weighted by atomic mass is 16.5. The average Bonchev–Trinajstić information content (AvgIpc) is 2.04. The quantitative estimate of drug-likeness (QED) is 0.628. The van der Waals surface area contributed by atoms with E-state index in [4.69, 9.17) is 9.94 Å². The molecule has 1 rings (SSSR count). The molecule has 0 aromatic carbocycles. The number of aromatic nitrogens is 1. The molecule has 0 saturated heterocycles. The number of nitrogens with zero attached hydrogens (tertiary/aromatic N) is 1. The number of pyridine rings is 1. The lowest BCUT2D eigenvalue weighted by atomic mass is 10.3. The summed E-state index contributed by atoms with van der Waals surface area (Å²) >= 11 is 0. The predicted molar refractivity (Wildman–Crippen MR) is 40.9 cm³/mol. The van der Waals surface area contributed by atoms with Gasteiger partial charge < -0.3 is 4.74 Å². The summed E-state index contributed by atoms with van der Waals surface area (Å²) in [4.78, 5) is 3.98. The topological polar surface area (TPSA) is 54.4 Å². The molecule has 0 aliphatic rings. The van der Waals surface area contributed by atoms with Gasteiger partial charge in [-0.3, -0.25) is 15.7 Å². The van der Waals surface area contributed by atoms with Gasteiger partial charge in [0.15, 0.2) is 5.75 Å². The van der Waals surface area contributed by atoms with Crippen LogP contribution in [0.1, 0.15) is 5.69 Å². The second-order valence-corrected chi connectivity index (χ2v) is 2.09. The zero-order chi connectivity index (χ0) is 8.27. The second kappa shape index (κ2) is 3.21. The summed E-state index contributed by atoms with van der Waals surface area (Å²) in [6.07, 6.45) is 1.59. The Morgan fingerprint density at radius 1 is 1.64 bits per heavy atom. The summed E-state index contributed by atoms with van der Waals surface area (Å²) in [5.74, 6) is 0.565. The Morgan fingerprint density at radius 2 is 2.36 bits per heavy atom. The van der Waals surface area contributed by atoms with Crippen molar-refractivity contribution in [1.82, 2.24) is 4.98 Å². The van der Waals surface area contributed by atoms with Gasteiger partial charge in [0.25, 0.3) is 0 Å². The predicted octanol–water partition coefficient (Wildman–Crippen LogP) is 1.20. The van der Waals surface area contributed by atoms with Crippen LogP contribution in [0, 0.1) is 6.92 Å². The van der Waals surface area contributed by atoms with Gasteiger partial charge in [-0.05, 0) is 13.0 Å². The SMILES string of the molecule is COc1c(NO)ccnc1C. The molecule has 4 nitrogen and oxygen atoms in total. The number of ether oxygens (including phenoxy) is 1. The number of hydrogen-bond acceptors (Lipinski definition) is 4. The molecule has 0 aliphatic heterocycles. The van der Waals surface area contributed by atoms with Crippen molar-refractivity contribution in [1.29, 1.82) is 0 Å². The minimum atomic E-state index is 0.528. The van der Waals surface area contributed by atoms with Gasteiger partial charge in [-0.2, -0.15) is 0 Å². The van der Waals surface area contributed by atoms with E-state index in [0.29, 0.717) is 11.4 Å². The van der Waals surface area contributed by atoms with E-state index in [-0.39, 0.29) is 0 Å².